The first-order chi connectivity index (χ1) is 15.3. The van der Waals surface area contributed by atoms with Gasteiger partial charge < -0.3 is 10.0 Å². The zero-order chi connectivity index (χ0) is 22.8. The van der Waals surface area contributed by atoms with Gasteiger partial charge in [0.05, 0.1) is 22.5 Å². The summed E-state index contributed by atoms with van der Waals surface area (Å²) in [5.74, 6) is -0.338. The normalized spacial score (nSPS) is 12.0. The number of aryl methyl sites for hydroxylation is 1. The Morgan fingerprint density at radius 1 is 1.00 bits per heavy atom. The molecular weight excluding hydrogens is 398 g/mol. The van der Waals surface area contributed by atoms with Crippen LogP contribution in [0.25, 0.3) is 10.9 Å². The summed E-state index contributed by atoms with van der Waals surface area (Å²) in [6.07, 6.45) is 0. The van der Waals surface area contributed by atoms with Gasteiger partial charge in [0.25, 0.3) is 0 Å². The van der Waals surface area contributed by atoms with E-state index in [1.807, 2.05) is 81.7 Å². The lowest BCUT2D eigenvalue weighted by Gasteiger charge is -2.10. The number of benzene rings is 3. The Morgan fingerprint density at radius 2 is 1.69 bits per heavy atom. The number of aliphatic imine (C=N–C) groups is 1. The zero-order valence-corrected chi connectivity index (χ0v) is 18.8. The highest BCUT2D eigenvalue weighted by Gasteiger charge is 2.24. The van der Waals surface area contributed by atoms with Gasteiger partial charge in [-0.3, -0.25) is 9.36 Å². The SMILES string of the molecule is CC(=O)n1c(O)c(C(=Nc2ccc(CN(C)C)cc2)c2ccccc2)c2ccc(C)cc21. The van der Waals surface area contributed by atoms with Crippen LogP contribution in [0.4, 0.5) is 5.69 Å². The van der Waals surface area contributed by atoms with E-state index in [-0.39, 0.29) is 11.8 Å². The molecule has 4 rings (SSSR count). The van der Waals surface area contributed by atoms with Gasteiger partial charge in [-0.1, -0.05) is 54.6 Å². The van der Waals surface area contributed by atoms with Crippen molar-refractivity contribution in [2.45, 2.75) is 20.4 Å². The van der Waals surface area contributed by atoms with Crippen LogP contribution in [0.5, 0.6) is 5.88 Å². The van der Waals surface area contributed by atoms with Gasteiger partial charge in [0, 0.05) is 24.4 Å². The average Bonchev–Trinajstić information content (AvgIpc) is 3.04. The predicted octanol–water partition coefficient (Wildman–Crippen LogP) is 5.55. The molecule has 1 N–H and O–H groups in total. The van der Waals surface area contributed by atoms with Gasteiger partial charge in [0.15, 0.2) is 0 Å². The summed E-state index contributed by atoms with van der Waals surface area (Å²) in [7, 11) is 4.07. The van der Waals surface area contributed by atoms with E-state index in [1.165, 1.54) is 17.1 Å². The largest absolute Gasteiger partial charge is 0.494 e. The maximum atomic E-state index is 12.4. The van der Waals surface area contributed by atoms with E-state index in [2.05, 4.69) is 17.0 Å². The number of aromatic hydroxyl groups is 1. The Labute approximate surface area is 188 Å². The minimum atomic E-state index is -0.246. The van der Waals surface area contributed by atoms with Crippen LogP contribution in [0.2, 0.25) is 0 Å². The molecule has 0 saturated heterocycles. The minimum absolute atomic E-state index is 0.0927. The van der Waals surface area contributed by atoms with Crippen LogP contribution < -0.4 is 0 Å². The van der Waals surface area contributed by atoms with Crippen LogP contribution in [0, 0.1) is 6.92 Å². The number of carbonyl (C=O) groups excluding carboxylic acids is 1. The van der Waals surface area contributed by atoms with Crippen LogP contribution >= 0.6 is 0 Å². The van der Waals surface area contributed by atoms with Gasteiger partial charge in [-0.05, 0) is 50.3 Å². The highest BCUT2D eigenvalue weighted by Crippen LogP contribution is 2.35. The van der Waals surface area contributed by atoms with Crippen molar-refractivity contribution >= 4 is 28.2 Å². The van der Waals surface area contributed by atoms with E-state index in [0.717, 1.165) is 28.7 Å². The highest BCUT2D eigenvalue weighted by molar-refractivity contribution is 6.23. The first kappa shape index (κ1) is 21.5. The average molecular weight is 426 g/mol. The third-order valence-electron chi connectivity index (χ3n) is 5.37. The maximum Gasteiger partial charge on any atom is 0.230 e. The molecule has 5 heteroatoms. The fraction of sp³-hybridized carbons (Fsp3) is 0.185. The van der Waals surface area contributed by atoms with Gasteiger partial charge in [0.1, 0.15) is 0 Å². The molecule has 0 aliphatic rings. The van der Waals surface area contributed by atoms with E-state index < -0.39 is 0 Å². The van der Waals surface area contributed by atoms with Gasteiger partial charge in [0.2, 0.25) is 11.8 Å². The third-order valence-corrected chi connectivity index (χ3v) is 5.37. The molecule has 0 atom stereocenters. The zero-order valence-electron chi connectivity index (χ0n) is 18.8. The quantitative estimate of drug-likeness (QED) is 0.427. The van der Waals surface area contributed by atoms with Gasteiger partial charge in [-0.2, -0.15) is 0 Å². The number of hydrogen-bond acceptors (Lipinski definition) is 4. The summed E-state index contributed by atoms with van der Waals surface area (Å²) < 4.78 is 1.36. The monoisotopic (exact) mass is 425 g/mol. The Morgan fingerprint density at radius 3 is 2.31 bits per heavy atom. The Hall–Kier alpha value is -3.70. The second-order valence-corrected chi connectivity index (χ2v) is 8.30. The van der Waals surface area contributed by atoms with Crippen molar-refractivity contribution in [1.29, 1.82) is 0 Å². The lowest BCUT2D eigenvalue weighted by atomic mass is 10.00. The van der Waals surface area contributed by atoms with Crippen LogP contribution in [-0.2, 0) is 6.54 Å². The van der Waals surface area contributed by atoms with Crippen LogP contribution in [0.15, 0.2) is 77.8 Å². The fourth-order valence-corrected chi connectivity index (χ4v) is 3.97. The lowest BCUT2D eigenvalue weighted by molar-refractivity contribution is 0.0933. The molecule has 4 aromatic rings. The molecule has 0 aliphatic carbocycles. The number of hydrogen-bond donors (Lipinski definition) is 1. The van der Waals surface area contributed by atoms with E-state index in [4.69, 9.17) is 4.99 Å². The molecule has 0 radical (unpaired) electrons. The molecule has 0 spiro atoms. The molecule has 5 nitrogen and oxygen atoms in total. The third kappa shape index (κ3) is 4.20. The van der Waals surface area contributed by atoms with Crippen molar-refractivity contribution in [3.63, 3.8) is 0 Å². The lowest BCUT2D eigenvalue weighted by Crippen LogP contribution is -2.10. The summed E-state index contributed by atoms with van der Waals surface area (Å²) >= 11 is 0. The minimum Gasteiger partial charge on any atom is -0.494 e. The van der Waals surface area contributed by atoms with Gasteiger partial charge in [-0.25, -0.2) is 4.99 Å². The van der Waals surface area contributed by atoms with Crippen LogP contribution in [0.3, 0.4) is 0 Å². The smallest absolute Gasteiger partial charge is 0.230 e. The van der Waals surface area contributed by atoms with Crippen molar-refractivity contribution < 1.29 is 9.90 Å². The molecular formula is C27H27N3O2. The fourth-order valence-electron chi connectivity index (χ4n) is 3.97. The molecule has 162 valence electrons. The standard InChI is InChI=1S/C27H27N3O2/c1-18-10-15-23-24(16-18)30(19(2)31)27(32)25(23)26(21-8-6-5-7-9-21)28-22-13-11-20(12-14-22)17-29(3)4/h5-16,32H,17H2,1-4H3. The first-order valence-electron chi connectivity index (χ1n) is 10.6. The summed E-state index contributed by atoms with van der Waals surface area (Å²) in [5.41, 5.74) is 5.71. The van der Waals surface area contributed by atoms with E-state index >= 15 is 0 Å². The van der Waals surface area contributed by atoms with Crippen molar-refractivity contribution in [1.82, 2.24) is 9.47 Å². The highest BCUT2D eigenvalue weighted by atomic mass is 16.3. The van der Waals surface area contributed by atoms with Crippen LogP contribution in [0.1, 0.15) is 34.0 Å². The predicted molar refractivity (Wildman–Crippen MR) is 130 cm³/mol. The topological polar surface area (TPSA) is 57.8 Å². The Balaban J connectivity index is 1.95. The summed E-state index contributed by atoms with van der Waals surface area (Å²) in [6, 6.07) is 23.7. The number of rotatable bonds is 5. The van der Waals surface area contributed by atoms with Gasteiger partial charge in [-0.15, -0.1) is 0 Å². The molecule has 0 fully saturated rings. The summed E-state index contributed by atoms with van der Waals surface area (Å²) in [6.45, 7) is 4.27. The van der Waals surface area contributed by atoms with Crippen molar-refractivity contribution in [3.8, 4) is 5.88 Å². The molecule has 0 bridgehead atoms. The molecule has 1 heterocycles. The molecule has 1 aromatic heterocycles. The molecule has 0 unspecified atom stereocenters. The Kier molecular flexibility index (Phi) is 5.93. The van der Waals surface area contributed by atoms with Crippen molar-refractivity contribution in [2.24, 2.45) is 4.99 Å². The number of fused-ring (bicyclic) bond motifs is 1. The van der Waals surface area contributed by atoms with Gasteiger partial charge >= 0.3 is 0 Å². The van der Waals surface area contributed by atoms with Crippen molar-refractivity contribution in [3.05, 3.63) is 95.1 Å². The van der Waals surface area contributed by atoms with Crippen LogP contribution in [-0.4, -0.2) is 40.3 Å². The number of nitrogens with zero attached hydrogens (tertiary/aromatic N) is 3. The summed E-state index contributed by atoms with van der Waals surface area (Å²) in [5, 5.41) is 12.0. The number of aromatic nitrogens is 1. The number of carbonyl (C=O) groups is 1. The first-order valence-corrected chi connectivity index (χ1v) is 10.6. The molecule has 0 amide bonds. The second kappa shape index (κ2) is 8.81. The molecule has 0 aliphatic heterocycles. The van der Waals surface area contributed by atoms with E-state index in [0.29, 0.717) is 16.8 Å². The Bertz CT molecular complexity index is 1300. The van der Waals surface area contributed by atoms with E-state index in [1.54, 1.807) is 0 Å². The second-order valence-electron chi connectivity index (χ2n) is 8.30. The van der Waals surface area contributed by atoms with E-state index in [9.17, 15) is 9.90 Å². The maximum absolute atomic E-state index is 12.4. The van der Waals surface area contributed by atoms with Crippen molar-refractivity contribution in [2.75, 3.05) is 14.1 Å². The molecule has 32 heavy (non-hydrogen) atoms. The molecule has 3 aromatic carbocycles. The molecule has 0 saturated carbocycles. The summed E-state index contributed by atoms with van der Waals surface area (Å²) in [4.78, 5) is 19.5.